The first-order valence-corrected chi connectivity index (χ1v) is 10.8. The number of piperazine rings is 1. The summed E-state index contributed by atoms with van der Waals surface area (Å²) < 4.78 is 0. The van der Waals surface area contributed by atoms with Crippen molar-refractivity contribution in [2.45, 2.75) is 16.2 Å². The van der Waals surface area contributed by atoms with E-state index in [4.69, 9.17) is 16.7 Å². The Hall–Kier alpha value is -0.950. The number of fused-ring (bicyclic) bond motifs is 2. The monoisotopic (exact) mass is 439 g/mol. The fraction of sp³-hybridized carbons (Fsp3) is 0.429. The van der Waals surface area contributed by atoms with Crippen molar-refractivity contribution in [3.8, 4) is 0 Å². The van der Waals surface area contributed by atoms with Crippen LogP contribution in [0.1, 0.15) is 6.42 Å². The predicted octanol–water partition coefficient (Wildman–Crippen LogP) is 4.36. The summed E-state index contributed by atoms with van der Waals surface area (Å²) >= 11 is 8.12. The molecule has 2 aromatic carbocycles. The summed E-state index contributed by atoms with van der Waals surface area (Å²) in [4.78, 5) is 9.89. The Morgan fingerprint density at radius 3 is 2.29 bits per heavy atom. The van der Waals surface area contributed by atoms with Gasteiger partial charge >= 0.3 is 0 Å². The van der Waals surface area contributed by atoms with Crippen molar-refractivity contribution in [2.75, 3.05) is 57.3 Å². The van der Waals surface area contributed by atoms with Crippen LogP contribution < -0.4 is 4.90 Å². The summed E-state index contributed by atoms with van der Waals surface area (Å²) in [6, 6.07) is 14.8. The van der Waals surface area contributed by atoms with Crippen LogP contribution in [-0.4, -0.2) is 67.3 Å². The molecule has 2 aromatic rings. The van der Waals surface area contributed by atoms with Crippen LogP contribution in [0.2, 0.25) is 5.02 Å². The average molecular weight is 440 g/mol. The lowest BCUT2D eigenvalue weighted by Gasteiger charge is -2.36. The number of aliphatic hydroxyl groups is 1. The van der Waals surface area contributed by atoms with Crippen LogP contribution in [0, 0.1) is 0 Å². The number of hydrogen-bond donors (Lipinski definition) is 1. The van der Waals surface area contributed by atoms with Crippen molar-refractivity contribution in [1.29, 1.82) is 0 Å². The van der Waals surface area contributed by atoms with Gasteiger partial charge in [-0.15, -0.1) is 12.4 Å². The van der Waals surface area contributed by atoms with Crippen LogP contribution in [0.4, 0.5) is 11.4 Å². The first-order chi connectivity index (χ1) is 13.2. The highest BCUT2D eigenvalue weighted by Gasteiger charge is 2.23. The maximum atomic E-state index is 9.08. The van der Waals surface area contributed by atoms with Gasteiger partial charge < -0.3 is 14.9 Å². The third-order valence-electron chi connectivity index (χ3n) is 5.32. The number of β-amino-alcohol motifs (C(OH)–C–C–N with tert-alkyl or cyclic N) is 1. The van der Waals surface area contributed by atoms with Gasteiger partial charge in [0, 0.05) is 54.1 Å². The smallest absolute Gasteiger partial charge is 0.0567 e. The molecule has 2 aliphatic rings. The molecule has 0 amide bonds. The van der Waals surface area contributed by atoms with Crippen molar-refractivity contribution in [3.63, 3.8) is 0 Å². The quantitative estimate of drug-likeness (QED) is 0.721. The van der Waals surface area contributed by atoms with E-state index in [1.54, 1.807) is 0 Å². The zero-order valence-electron chi connectivity index (χ0n) is 15.9. The summed E-state index contributed by atoms with van der Waals surface area (Å²) in [6.07, 6.45) is 1.12. The molecule has 0 atom stereocenters. The second-order valence-corrected chi connectivity index (χ2v) is 8.61. The highest BCUT2D eigenvalue weighted by molar-refractivity contribution is 7.99. The van der Waals surface area contributed by atoms with Gasteiger partial charge in [0.2, 0.25) is 0 Å². The summed E-state index contributed by atoms with van der Waals surface area (Å²) in [5.74, 6) is 0. The Morgan fingerprint density at radius 2 is 1.54 bits per heavy atom. The normalized spacial score (nSPS) is 17.0. The van der Waals surface area contributed by atoms with E-state index in [1.165, 1.54) is 21.2 Å². The fourth-order valence-electron chi connectivity index (χ4n) is 3.87. The first-order valence-electron chi connectivity index (χ1n) is 9.64. The molecule has 0 unspecified atom stereocenters. The van der Waals surface area contributed by atoms with Gasteiger partial charge in [0.15, 0.2) is 0 Å². The van der Waals surface area contributed by atoms with Crippen LogP contribution in [0.5, 0.6) is 0 Å². The van der Waals surface area contributed by atoms with E-state index in [0.29, 0.717) is 0 Å². The summed E-state index contributed by atoms with van der Waals surface area (Å²) in [5.41, 5.74) is 2.50. The van der Waals surface area contributed by atoms with E-state index >= 15 is 0 Å². The van der Waals surface area contributed by atoms with Gasteiger partial charge in [-0.25, -0.2) is 0 Å². The molecular formula is C21H27Cl2N3OS. The number of rotatable bonds is 6. The number of nitrogens with zero attached hydrogens (tertiary/aromatic N) is 3. The van der Waals surface area contributed by atoms with Crippen LogP contribution in [0.3, 0.4) is 0 Å². The van der Waals surface area contributed by atoms with Gasteiger partial charge in [0.05, 0.1) is 18.0 Å². The SMILES string of the molecule is Cl.OCCN1CCN(CCCN2c3ccccc3Sc3ccc(Cl)cc32)CC1. The lowest BCUT2D eigenvalue weighted by Crippen LogP contribution is -2.47. The molecule has 152 valence electrons. The highest BCUT2D eigenvalue weighted by Crippen LogP contribution is 2.48. The van der Waals surface area contributed by atoms with Gasteiger partial charge in [-0.3, -0.25) is 4.90 Å². The molecule has 4 nitrogen and oxygen atoms in total. The Bertz CT molecular complexity index is 784. The van der Waals surface area contributed by atoms with Gasteiger partial charge in [0.25, 0.3) is 0 Å². The molecule has 0 saturated carbocycles. The minimum absolute atomic E-state index is 0. The maximum absolute atomic E-state index is 9.08. The molecule has 1 fully saturated rings. The van der Waals surface area contributed by atoms with Crippen molar-refractivity contribution in [2.24, 2.45) is 0 Å². The van der Waals surface area contributed by atoms with E-state index in [9.17, 15) is 0 Å². The number of hydrogen-bond acceptors (Lipinski definition) is 5. The molecule has 0 aliphatic carbocycles. The second-order valence-electron chi connectivity index (χ2n) is 7.09. The number of anilines is 2. The number of aliphatic hydroxyl groups excluding tert-OH is 1. The molecule has 28 heavy (non-hydrogen) atoms. The van der Waals surface area contributed by atoms with Crippen molar-refractivity contribution < 1.29 is 5.11 Å². The molecule has 7 heteroatoms. The van der Waals surface area contributed by atoms with E-state index < -0.39 is 0 Å². The lowest BCUT2D eigenvalue weighted by molar-refractivity contribution is 0.112. The minimum atomic E-state index is 0. The molecular weight excluding hydrogens is 413 g/mol. The Balaban J connectivity index is 0.00000225. The predicted molar refractivity (Wildman–Crippen MR) is 121 cm³/mol. The zero-order chi connectivity index (χ0) is 18.6. The largest absolute Gasteiger partial charge is 0.395 e. The third-order valence-corrected chi connectivity index (χ3v) is 6.69. The topological polar surface area (TPSA) is 30.0 Å². The van der Waals surface area contributed by atoms with E-state index in [1.807, 2.05) is 17.8 Å². The highest BCUT2D eigenvalue weighted by atomic mass is 35.5. The fourth-order valence-corrected chi connectivity index (χ4v) is 5.12. The van der Waals surface area contributed by atoms with E-state index in [0.717, 1.165) is 57.3 Å². The molecule has 0 radical (unpaired) electrons. The molecule has 0 bridgehead atoms. The van der Waals surface area contributed by atoms with Gasteiger partial charge in [-0.05, 0) is 43.3 Å². The van der Waals surface area contributed by atoms with E-state index in [2.05, 4.69) is 51.1 Å². The molecule has 0 spiro atoms. The molecule has 0 aromatic heterocycles. The van der Waals surface area contributed by atoms with Gasteiger partial charge in [-0.2, -0.15) is 0 Å². The van der Waals surface area contributed by atoms with Crippen LogP contribution >= 0.6 is 35.8 Å². The summed E-state index contributed by atoms with van der Waals surface area (Å²) in [5, 5.41) is 9.87. The third kappa shape index (κ3) is 4.96. The molecule has 4 rings (SSSR count). The van der Waals surface area contributed by atoms with Crippen LogP contribution in [0.15, 0.2) is 52.3 Å². The summed E-state index contributed by atoms with van der Waals surface area (Å²) in [7, 11) is 0. The lowest BCUT2D eigenvalue weighted by atomic mass is 10.2. The van der Waals surface area contributed by atoms with Crippen molar-refractivity contribution in [1.82, 2.24) is 9.80 Å². The Morgan fingerprint density at radius 1 is 0.857 bits per heavy atom. The average Bonchev–Trinajstić information content (AvgIpc) is 2.69. The number of benzene rings is 2. The van der Waals surface area contributed by atoms with Crippen molar-refractivity contribution >= 4 is 47.1 Å². The number of para-hydroxylation sites is 1. The molecule has 2 heterocycles. The second kappa shape index (κ2) is 10.2. The zero-order valence-corrected chi connectivity index (χ0v) is 18.3. The standard InChI is InChI=1S/C21H26ClN3OS.ClH/c22-17-6-7-21-19(16-17)25(18-4-1-2-5-20(18)27-21)9-3-8-23-10-12-24(13-11-23)14-15-26;/h1-2,4-7,16,26H,3,8-15H2;1H. The van der Waals surface area contributed by atoms with Crippen LogP contribution in [-0.2, 0) is 0 Å². The summed E-state index contributed by atoms with van der Waals surface area (Å²) in [6.45, 7) is 7.45. The molecule has 1 N–H and O–H groups in total. The van der Waals surface area contributed by atoms with Crippen molar-refractivity contribution in [3.05, 3.63) is 47.5 Å². The van der Waals surface area contributed by atoms with Gasteiger partial charge in [0.1, 0.15) is 0 Å². The maximum Gasteiger partial charge on any atom is 0.0567 e. The van der Waals surface area contributed by atoms with E-state index in [-0.39, 0.29) is 19.0 Å². The van der Waals surface area contributed by atoms with Crippen LogP contribution in [0.25, 0.3) is 0 Å². The minimum Gasteiger partial charge on any atom is -0.395 e. The Labute approximate surface area is 182 Å². The Kier molecular flexibility index (Phi) is 7.92. The van der Waals surface area contributed by atoms with Gasteiger partial charge in [-0.1, -0.05) is 35.5 Å². The molecule has 1 saturated heterocycles. The first kappa shape index (κ1) is 21.8. The molecule has 2 aliphatic heterocycles. The number of halogens is 2.